The predicted molar refractivity (Wildman–Crippen MR) is 66.4 cm³/mol. The van der Waals surface area contributed by atoms with Gasteiger partial charge in [-0.15, -0.1) is 0 Å². The molecule has 7 heteroatoms. The van der Waals surface area contributed by atoms with E-state index in [9.17, 15) is 14.0 Å². The highest BCUT2D eigenvalue weighted by Crippen LogP contribution is 2.04. The van der Waals surface area contributed by atoms with Crippen LogP contribution < -0.4 is 11.4 Å². The number of hydrogen-bond acceptors (Lipinski definition) is 4. The van der Waals surface area contributed by atoms with Crippen LogP contribution in [-0.2, 0) is 6.54 Å². The molecule has 0 radical (unpaired) electrons. The summed E-state index contributed by atoms with van der Waals surface area (Å²) >= 11 is 1.18. The summed E-state index contributed by atoms with van der Waals surface area (Å²) in [5.41, 5.74) is -0.487. The van der Waals surface area contributed by atoms with Crippen LogP contribution >= 0.6 is 11.8 Å². The lowest BCUT2D eigenvalue weighted by Gasteiger charge is -2.04. The van der Waals surface area contributed by atoms with Crippen LogP contribution in [0.3, 0.4) is 0 Å². The third-order valence-electron chi connectivity index (χ3n) is 2.33. The molecule has 2 rings (SSSR count). The molecule has 0 aliphatic heterocycles. The predicted octanol–water partition coefficient (Wildman–Crippen LogP) is 0.841. The largest absolute Gasteiger partial charge is 0.354 e. The van der Waals surface area contributed by atoms with Gasteiger partial charge in [-0.3, -0.25) is 4.98 Å². The van der Waals surface area contributed by atoms with Crippen molar-refractivity contribution in [3.63, 3.8) is 0 Å². The molecule has 0 saturated heterocycles. The van der Waals surface area contributed by atoms with Crippen LogP contribution in [0.2, 0.25) is 0 Å². The first-order valence-corrected chi connectivity index (χ1v) is 6.32. The van der Waals surface area contributed by atoms with E-state index < -0.39 is 11.4 Å². The van der Waals surface area contributed by atoms with Crippen LogP contribution in [-0.4, -0.2) is 20.8 Å². The van der Waals surface area contributed by atoms with Gasteiger partial charge in [0.1, 0.15) is 5.82 Å². The fraction of sp³-hybridized carbons (Fsp3) is 0.182. The first-order chi connectivity index (χ1) is 8.60. The monoisotopic (exact) mass is 267 g/mol. The average Bonchev–Trinajstić information content (AvgIpc) is 2.35. The van der Waals surface area contributed by atoms with E-state index in [1.807, 2.05) is 0 Å². The average molecular weight is 267 g/mol. The second-order valence-electron chi connectivity index (χ2n) is 3.55. The van der Waals surface area contributed by atoms with Gasteiger partial charge >= 0.3 is 11.4 Å². The highest BCUT2D eigenvalue weighted by Gasteiger charge is 2.06. The van der Waals surface area contributed by atoms with Crippen molar-refractivity contribution in [2.45, 2.75) is 11.7 Å². The fourth-order valence-electron chi connectivity index (χ4n) is 1.43. The Morgan fingerprint density at radius 3 is 2.56 bits per heavy atom. The van der Waals surface area contributed by atoms with E-state index in [1.165, 1.54) is 36.0 Å². The molecule has 0 atom stereocenters. The number of benzene rings is 1. The van der Waals surface area contributed by atoms with E-state index in [1.54, 1.807) is 6.26 Å². The smallest absolute Gasteiger partial charge is 0.286 e. The number of halogens is 1. The van der Waals surface area contributed by atoms with Gasteiger partial charge in [0.25, 0.3) is 0 Å². The molecule has 0 aliphatic rings. The first-order valence-electron chi connectivity index (χ1n) is 5.10. The molecule has 18 heavy (non-hydrogen) atoms. The lowest BCUT2D eigenvalue weighted by molar-refractivity contribution is 0.618. The minimum atomic E-state index is -0.618. The van der Waals surface area contributed by atoms with Crippen molar-refractivity contribution >= 4 is 11.8 Å². The second-order valence-corrected chi connectivity index (χ2v) is 4.34. The van der Waals surface area contributed by atoms with Gasteiger partial charge in [0.05, 0.1) is 6.54 Å². The van der Waals surface area contributed by atoms with Crippen molar-refractivity contribution in [1.29, 1.82) is 0 Å². The third kappa shape index (κ3) is 2.67. The van der Waals surface area contributed by atoms with E-state index in [-0.39, 0.29) is 17.5 Å². The Labute approximate surface area is 106 Å². The molecule has 0 aliphatic carbocycles. The highest BCUT2D eigenvalue weighted by molar-refractivity contribution is 7.98. The zero-order chi connectivity index (χ0) is 13.1. The Bertz CT molecular complexity index is 632. The molecule has 94 valence electrons. The number of aromatic amines is 1. The van der Waals surface area contributed by atoms with E-state index in [0.29, 0.717) is 5.56 Å². The van der Waals surface area contributed by atoms with Crippen molar-refractivity contribution in [2.24, 2.45) is 0 Å². The van der Waals surface area contributed by atoms with Crippen LogP contribution in [0.5, 0.6) is 0 Å². The molecule has 1 aromatic carbocycles. The second kappa shape index (κ2) is 5.18. The number of aromatic nitrogens is 3. The number of nitrogens with zero attached hydrogens (tertiary/aromatic N) is 2. The lowest BCUT2D eigenvalue weighted by atomic mass is 10.2. The fourth-order valence-corrected chi connectivity index (χ4v) is 1.79. The van der Waals surface area contributed by atoms with Crippen LogP contribution in [0.4, 0.5) is 4.39 Å². The summed E-state index contributed by atoms with van der Waals surface area (Å²) in [5, 5.41) is 0.278. The highest BCUT2D eigenvalue weighted by atomic mass is 32.2. The van der Waals surface area contributed by atoms with Crippen molar-refractivity contribution in [3.05, 3.63) is 56.6 Å². The summed E-state index contributed by atoms with van der Waals surface area (Å²) in [6, 6.07) is 5.59. The molecular formula is C11H10FN3O2S. The maximum absolute atomic E-state index is 12.7. The minimum Gasteiger partial charge on any atom is -0.286 e. The van der Waals surface area contributed by atoms with Crippen molar-refractivity contribution in [2.75, 3.05) is 6.26 Å². The standard InChI is InChI=1S/C11H10FN3O2S/c1-18-9-13-10(16)15(11(17)14-9)6-7-2-4-8(12)5-3-7/h2-5H,6H2,1H3,(H,13,14,16,17). The minimum absolute atomic E-state index is 0.0656. The van der Waals surface area contributed by atoms with Gasteiger partial charge in [0.15, 0.2) is 5.16 Å². The van der Waals surface area contributed by atoms with Crippen LogP contribution in [0.1, 0.15) is 5.56 Å². The number of H-pyrrole nitrogens is 1. The molecule has 0 saturated carbocycles. The summed E-state index contributed by atoms with van der Waals surface area (Å²) < 4.78 is 13.7. The Morgan fingerprint density at radius 1 is 1.33 bits per heavy atom. The Morgan fingerprint density at radius 2 is 2.00 bits per heavy atom. The van der Waals surface area contributed by atoms with Gasteiger partial charge in [-0.2, -0.15) is 4.98 Å². The SMILES string of the molecule is CSc1nc(=O)n(Cc2ccc(F)cc2)c(=O)[nH]1. The molecule has 1 heterocycles. The molecule has 0 bridgehead atoms. The van der Waals surface area contributed by atoms with Gasteiger partial charge in [0, 0.05) is 0 Å². The number of nitrogens with one attached hydrogen (secondary N) is 1. The van der Waals surface area contributed by atoms with Gasteiger partial charge in [0.2, 0.25) is 0 Å². The van der Waals surface area contributed by atoms with Gasteiger partial charge < -0.3 is 0 Å². The molecular weight excluding hydrogens is 257 g/mol. The Hall–Kier alpha value is -1.89. The van der Waals surface area contributed by atoms with Crippen molar-refractivity contribution in [3.8, 4) is 0 Å². The van der Waals surface area contributed by atoms with Crippen molar-refractivity contribution < 1.29 is 4.39 Å². The molecule has 1 N–H and O–H groups in total. The zero-order valence-electron chi connectivity index (χ0n) is 9.51. The normalized spacial score (nSPS) is 10.6. The molecule has 1 aromatic heterocycles. The summed E-state index contributed by atoms with van der Waals surface area (Å²) in [6.07, 6.45) is 1.71. The molecule has 2 aromatic rings. The maximum Gasteiger partial charge on any atom is 0.354 e. The molecule has 0 unspecified atom stereocenters. The summed E-state index contributed by atoms with van der Waals surface area (Å²) in [6.45, 7) is 0.0656. The van der Waals surface area contributed by atoms with Crippen molar-refractivity contribution in [1.82, 2.24) is 14.5 Å². The number of thioether (sulfide) groups is 1. The molecule has 0 fully saturated rings. The Kier molecular flexibility index (Phi) is 3.61. The summed E-state index contributed by atoms with van der Waals surface area (Å²) in [5.74, 6) is -0.365. The number of rotatable bonds is 3. The topological polar surface area (TPSA) is 67.8 Å². The maximum atomic E-state index is 12.7. The first kappa shape index (κ1) is 12.6. The Balaban J connectivity index is 2.38. The molecule has 5 nitrogen and oxygen atoms in total. The zero-order valence-corrected chi connectivity index (χ0v) is 10.3. The quantitative estimate of drug-likeness (QED) is 0.837. The van der Waals surface area contributed by atoms with E-state index in [0.717, 1.165) is 4.57 Å². The van der Waals surface area contributed by atoms with Crippen LogP contribution in [0, 0.1) is 5.82 Å². The van der Waals surface area contributed by atoms with Crippen LogP contribution in [0.25, 0.3) is 0 Å². The molecule has 0 amide bonds. The summed E-state index contributed by atoms with van der Waals surface area (Å²) in [7, 11) is 0. The van der Waals surface area contributed by atoms with E-state index in [4.69, 9.17) is 0 Å². The molecule has 0 spiro atoms. The number of hydrogen-bond donors (Lipinski definition) is 1. The lowest BCUT2D eigenvalue weighted by Crippen LogP contribution is -2.37. The van der Waals surface area contributed by atoms with Gasteiger partial charge in [-0.05, 0) is 24.0 Å². The van der Waals surface area contributed by atoms with Gasteiger partial charge in [-0.1, -0.05) is 23.9 Å². The van der Waals surface area contributed by atoms with E-state index >= 15 is 0 Å². The summed E-state index contributed by atoms with van der Waals surface area (Å²) in [4.78, 5) is 29.5. The van der Waals surface area contributed by atoms with E-state index in [2.05, 4.69) is 9.97 Å². The van der Waals surface area contributed by atoms with Crippen LogP contribution in [0.15, 0.2) is 39.0 Å². The van der Waals surface area contributed by atoms with Gasteiger partial charge in [-0.25, -0.2) is 18.5 Å². The third-order valence-corrected chi connectivity index (χ3v) is 2.91.